The van der Waals surface area contributed by atoms with Crippen molar-refractivity contribution in [3.05, 3.63) is 35.4 Å². The van der Waals surface area contributed by atoms with E-state index < -0.39 is 35.3 Å². The highest BCUT2D eigenvalue weighted by Crippen LogP contribution is 2.26. The predicted octanol–water partition coefficient (Wildman–Crippen LogP) is 1.97. The Morgan fingerprint density at radius 1 is 1.08 bits per heavy atom. The van der Waals surface area contributed by atoms with E-state index in [1.165, 1.54) is 0 Å². The fourth-order valence-electron chi connectivity index (χ4n) is 2.06. The van der Waals surface area contributed by atoms with Crippen LogP contribution in [0, 0.1) is 0 Å². The van der Waals surface area contributed by atoms with E-state index in [1.54, 1.807) is 58.9 Å². The molecule has 1 aromatic rings. The molecule has 140 valence electrons. The SMILES string of the molecule is CC(C)(C)OC(=O)NCC(O)C(O)c1ccc(C(C)(C)C(=O)O)cc1. The number of carboxylic acid groups (broad SMARTS) is 1. The van der Waals surface area contributed by atoms with E-state index in [4.69, 9.17) is 4.74 Å². The van der Waals surface area contributed by atoms with E-state index >= 15 is 0 Å². The number of benzene rings is 1. The Balaban J connectivity index is 2.69. The first-order chi connectivity index (χ1) is 11.3. The monoisotopic (exact) mass is 353 g/mol. The van der Waals surface area contributed by atoms with Gasteiger partial charge in [-0.05, 0) is 45.7 Å². The van der Waals surface area contributed by atoms with Gasteiger partial charge in [-0.3, -0.25) is 4.79 Å². The first-order valence-corrected chi connectivity index (χ1v) is 8.01. The molecule has 0 saturated carbocycles. The second kappa shape index (κ2) is 7.84. The van der Waals surface area contributed by atoms with Gasteiger partial charge in [0.25, 0.3) is 0 Å². The molecule has 0 aliphatic rings. The number of aliphatic carboxylic acids is 1. The quantitative estimate of drug-likeness (QED) is 0.621. The van der Waals surface area contributed by atoms with Gasteiger partial charge in [0.1, 0.15) is 17.8 Å². The van der Waals surface area contributed by atoms with Gasteiger partial charge in [-0.15, -0.1) is 0 Å². The fraction of sp³-hybridized carbons (Fsp3) is 0.556. The van der Waals surface area contributed by atoms with Gasteiger partial charge in [-0.25, -0.2) is 4.79 Å². The first-order valence-electron chi connectivity index (χ1n) is 8.01. The molecule has 7 nitrogen and oxygen atoms in total. The molecule has 4 N–H and O–H groups in total. The largest absolute Gasteiger partial charge is 0.481 e. The zero-order chi connectivity index (χ0) is 19.4. The maximum absolute atomic E-state index is 11.6. The number of rotatable bonds is 6. The Hall–Kier alpha value is -2.12. The summed E-state index contributed by atoms with van der Waals surface area (Å²) in [5.41, 5.74) is -0.707. The van der Waals surface area contributed by atoms with Crippen LogP contribution in [-0.4, -0.2) is 45.6 Å². The summed E-state index contributed by atoms with van der Waals surface area (Å²) < 4.78 is 5.05. The summed E-state index contributed by atoms with van der Waals surface area (Å²) in [4.78, 5) is 22.8. The molecule has 0 fully saturated rings. The van der Waals surface area contributed by atoms with Crippen molar-refractivity contribution in [2.75, 3.05) is 6.54 Å². The lowest BCUT2D eigenvalue weighted by Crippen LogP contribution is -2.38. The van der Waals surface area contributed by atoms with Crippen molar-refractivity contribution in [3.63, 3.8) is 0 Å². The van der Waals surface area contributed by atoms with Gasteiger partial charge in [-0.2, -0.15) is 0 Å². The van der Waals surface area contributed by atoms with Crippen LogP contribution in [0.1, 0.15) is 51.8 Å². The van der Waals surface area contributed by atoms with E-state index in [-0.39, 0.29) is 6.54 Å². The third kappa shape index (κ3) is 6.03. The molecule has 0 radical (unpaired) electrons. The van der Waals surface area contributed by atoms with Gasteiger partial charge in [0.2, 0.25) is 0 Å². The minimum Gasteiger partial charge on any atom is -0.481 e. The van der Waals surface area contributed by atoms with Gasteiger partial charge in [-0.1, -0.05) is 24.3 Å². The molecule has 1 amide bonds. The molecule has 0 aliphatic carbocycles. The number of carboxylic acids is 1. The summed E-state index contributed by atoms with van der Waals surface area (Å²) in [5, 5.41) is 31.8. The van der Waals surface area contributed by atoms with Crippen LogP contribution >= 0.6 is 0 Å². The Bertz CT molecular complexity index is 603. The van der Waals surface area contributed by atoms with Crippen molar-refractivity contribution in [1.29, 1.82) is 0 Å². The molecular formula is C18H27NO6. The standard InChI is InChI=1S/C18H27NO6/c1-17(2,3)25-16(24)19-10-13(20)14(21)11-6-8-12(9-7-11)18(4,5)15(22)23/h6-9,13-14,20-21H,10H2,1-5H3,(H,19,24)(H,22,23). The number of carbonyl (C=O) groups is 2. The summed E-state index contributed by atoms with van der Waals surface area (Å²) in [6.07, 6.45) is -3.14. The maximum Gasteiger partial charge on any atom is 0.407 e. The number of amides is 1. The Morgan fingerprint density at radius 2 is 1.60 bits per heavy atom. The Labute approximate surface area is 147 Å². The van der Waals surface area contributed by atoms with Crippen LogP contribution in [0.15, 0.2) is 24.3 Å². The molecule has 2 unspecified atom stereocenters. The second-order valence-electron chi connectivity index (χ2n) is 7.45. The summed E-state index contributed by atoms with van der Waals surface area (Å²) in [7, 11) is 0. The highest BCUT2D eigenvalue weighted by atomic mass is 16.6. The topological polar surface area (TPSA) is 116 Å². The molecule has 0 saturated heterocycles. The van der Waals surface area contributed by atoms with E-state index in [2.05, 4.69) is 5.32 Å². The van der Waals surface area contributed by atoms with Crippen molar-refractivity contribution >= 4 is 12.1 Å². The average molecular weight is 353 g/mol. The molecule has 0 aromatic heterocycles. The van der Waals surface area contributed by atoms with Gasteiger partial charge >= 0.3 is 12.1 Å². The van der Waals surface area contributed by atoms with Crippen LogP contribution in [0.25, 0.3) is 0 Å². The molecule has 0 aliphatic heterocycles. The molecular weight excluding hydrogens is 326 g/mol. The van der Waals surface area contributed by atoms with E-state index in [9.17, 15) is 24.9 Å². The number of aliphatic hydroxyl groups excluding tert-OH is 2. The summed E-state index contributed by atoms with van der Waals surface area (Å²) in [5.74, 6) is -0.956. The molecule has 1 rings (SSSR count). The van der Waals surface area contributed by atoms with Crippen LogP contribution in [0.3, 0.4) is 0 Å². The maximum atomic E-state index is 11.6. The second-order valence-corrected chi connectivity index (χ2v) is 7.45. The normalized spacial score (nSPS) is 14.5. The van der Waals surface area contributed by atoms with Crippen molar-refractivity contribution in [2.24, 2.45) is 0 Å². The smallest absolute Gasteiger partial charge is 0.407 e. The number of alkyl carbamates (subject to hydrolysis) is 1. The van der Waals surface area contributed by atoms with Crippen LogP contribution in [0.5, 0.6) is 0 Å². The highest BCUT2D eigenvalue weighted by Gasteiger charge is 2.29. The molecule has 2 atom stereocenters. The fourth-order valence-corrected chi connectivity index (χ4v) is 2.06. The highest BCUT2D eigenvalue weighted by molar-refractivity contribution is 5.80. The summed E-state index contributed by atoms with van der Waals surface area (Å²) in [6.45, 7) is 8.15. The zero-order valence-electron chi connectivity index (χ0n) is 15.2. The van der Waals surface area contributed by atoms with Crippen LogP contribution in [0.2, 0.25) is 0 Å². The molecule has 1 aromatic carbocycles. The van der Waals surface area contributed by atoms with Gasteiger partial charge in [0.15, 0.2) is 0 Å². The minimum absolute atomic E-state index is 0.182. The molecule has 0 spiro atoms. The van der Waals surface area contributed by atoms with Crippen LogP contribution in [-0.2, 0) is 14.9 Å². The average Bonchev–Trinajstić information content (AvgIpc) is 2.50. The zero-order valence-corrected chi connectivity index (χ0v) is 15.2. The molecule has 0 bridgehead atoms. The number of hydrogen-bond donors (Lipinski definition) is 4. The van der Waals surface area contributed by atoms with Crippen LogP contribution < -0.4 is 5.32 Å². The number of ether oxygens (including phenoxy) is 1. The Morgan fingerprint density at radius 3 is 2.04 bits per heavy atom. The van der Waals surface area contributed by atoms with Crippen molar-refractivity contribution < 1.29 is 29.6 Å². The number of hydrogen-bond acceptors (Lipinski definition) is 5. The number of carbonyl (C=O) groups excluding carboxylic acids is 1. The lowest BCUT2D eigenvalue weighted by molar-refractivity contribution is -0.142. The Kier molecular flexibility index (Phi) is 6.56. The van der Waals surface area contributed by atoms with Gasteiger partial charge in [0.05, 0.1) is 5.41 Å². The minimum atomic E-state index is -1.23. The summed E-state index contributed by atoms with van der Waals surface area (Å²) in [6, 6.07) is 6.31. The summed E-state index contributed by atoms with van der Waals surface area (Å²) >= 11 is 0. The van der Waals surface area contributed by atoms with Gasteiger partial charge in [0, 0.05) is 6.54 Å². The third-order valence-electron chi connectivity index (χ3n) is 3.73. The molecule has 25 heavy (non-hydrogen) atoms. The third-order valence-corrected chi connectivity index (χ3v) is 3.73. The first kappa shape index (κ1) is 20.9. The lowest BCUT2D eigenvalue weighted by Gasteiger charge is -2.23. The molecule has 7 heteroatoms. The van der Waals surface area contributed by atoms with Crippen LogP contribution in [0.4, 0.5) is 4.79 Å². The lowest BCUT2D eigenvalue weighted by atomic mass is 9.84. The van der Waals surface area contributed by atoms with E-state index in [1.807, 2.05) is 0 Å². The van der Waals surface area contributed by atoms with Crippen molar-refractivity contribution in [3.8, 4) is 0 Å². The number of nitrogens with one attached hydrogen (secondary N) is 1. The number of aliphatic hydroxyl groups is 2. The van der Waals surface area contributed by atoms with Crippen molar-refractivity contribution in [2.45, 2.75) is 57.8 Å². The molecule has 0 heterocycles. The predicted molar refractivity (Wildman–Crippen MR) is 92.3 cm³/mol. The van der Waals surface area contributed by atoms with E-state index in [0.717, 1.165) is 0 Å². The van der Waals surface area contributed by atoms with E-state index in [0.29, 0.717) is 11.1 Å². The van der Waals surface area contributed by atoms with Gasteiger partial charge < -0.3 is 25.4 Å². The van der Waals surface area contributed by atoms with Crippen molar-refractivity contribution in [1.82, 2.24) is 5.32 Å².